The topological polar surface area (TPSA) is 42.9 Å². The molecule has 0 saturated carbocycles. The maximum atomic E-state index is 12.0. The molecule has 0 N–H and O–H groups in total. The number of ketones is 2. The molecule has 0 fully saturated rings. The highest BCUT2D eigenvalue weighted by Crippen LogP contribution is 2.38. The molecule has 4 nitrogen and oxygen atoms in total. The van der Waals surface area contributed by atoms with E-state index in [1.807, 2.05) is 6.07 Å². The minimum atomic E-state index is -1.48. The number of benzene rings is 1. The Labute approximate surface area is 119 Å². The molecular weight excluding hydrogens is 252 g/mol. The molecular formula is C16H16N2O2. The lowest BCUT2D eigenvalue weighted by molar-refractivity contribution is -0.122. The Hall–Kier alpha value is -2.46. The Kier molecular flexibility index (Phi) is 5.17. The van der Waals surface area contributed by atoms with Gasteiger partial charge in [0.05, 0.1) is 0 Å². The maximum Gasteiger partial charge on any atom is 0.366 e. The average Bonchev–Trinajstić information content (AvgIpc) is 2.44. The lowest BCUT2D eigenvalue weighted by Gasteiger charge is -2.20. The van der Waals surface area contributed by atoms with E-state index in [9.17, 15) is 9.59 Å². The van der Waals surface area contributed by atoms with Crippen LogP contribution in [0, 0.1) is 13.1 Å². The summed E-state index contributed by atoms with van der Waals surface area (Å²) in [6.07, 6.45) is 0.212. The van der Waals surface area contributed by atoms with Crippen LogP contribution in [0.15, 0.2) is 30.3 Å². The van der Waals surface area contributed by atoms with Crippen LogP contribution in [-0.4, -0.2) is 17.1 Å². The molecule has 20 heavy (non-hydrogen) atoms. The Balaban J connectivity index is 3.28. The molecule has 0 aliphatic rings. The number of Topliss-reactive ketones (excluding diaryl/α,β-unsaturated/α-hetero) is 2. The lowest BCUT2D eigenvalue weighted by Crippen LogP contribution is -2.39. The number of nitrogens with zero attached hydrogens (tertiary/aromatic N) is 2. The molecule has 0 saturated heterocycles. The quantitative estimate of drug-likeness (QED) is 0.743. The van der Waals surface area contributed by atoms with Gasteiger partial charge in [0, 0.05) is 25.3 Å². The molecule has 0 bridgehead atoms. The number of hydrogen-bond donors (Lipinski definition) is 0. The zero-order valence-corrected chi connectivity index (χ0v) is 11.6. The lowest BCUT2D eigenvalue weighted by atomic mass is 9.79. The SMILES string of the molecule is [C-]#[N+]C(c1ccccc1)C(CCC(C)=O)([N+]#[C-])C(C)=O. The van der Waals surface area contributed by atoms with Crippen LogP contribution in [-0.2, 0) is 9.59 Å². The Morgan fingerprint density at radius 2 is 1.80 bits per heavy atom. The van der Waals surface area contributed by atoms with Gasteiger partial charge in [-0.15, -0.1) is 0 Å². The first-order valence-corrected chi connectivity index (χ1v) is 6.28. The Morgan fingerprint density at radius 3 is 2.20 bits per heavy atom. The van der Waals surface area contributed by atoms with Crippen LogP contribution < -0.4 is 0 Å². The van der Waals surface area contributed by atoms with Crippen LogP contribution in [0.2, 0.25) is 0 Å². The molecule has 4 heteroatoms. The van der Waals surface area contributed by atoms with Gasteiger partial charge in [0.15, 0.2) is 0 Å². The van der Waals surface area contributed by atoms with Gasteiger partial charge in [0.25, 0.3) is 0 Å². The summed E-state index contributed by atoms with van der Waals surface area (Å²) in [4.78, 5) is 30.2. The second kappa shape index (κ2) is 6.63. The van der Waals surface area contributed by atoms with Crippen molar-refractivity contribution in [3.05, 3.63) is 58.7 Å². The molecule has 0 spiro atoms. The van der Waals surface area contributed by atoms with E-state index >= 15 is 0 Å². The molecule has 1 rings (SSSR count). The van der Waals surface area contributed by atoms with E-state index in [0.29, 0.717) is 5.56 Å². The first-order chi connectivity index (χ1) is 9.47. The summed E-state index contributed by atoms with van der Waals surface area (Å²) in [5.41, 5.74) is -0.841. The van der Waals surface area contributed by atoms with Crippen molar-refractivity contribution < 1.29 is 9.59 Å². The average molecular weight is 268 g/mol. The van der Waals surface area contributed by atoms with Crippen LogP contribution in [0.4, 0.5) is 0 Å². The van der Waals surface area contributed by atoms with Crippen molar-refractivity contribution >= 4 is 11.6 Å². The first kappa shape index (κ1) is 15.6. The van der Waals surface area contributed by atoms with Crippen molar-refractivity contribution in [1.82, 2.24) is 0 Å². The highest BCUT2D eigenvalue weighted by atomic mass is 16.1. The van der Waals surface area contributed by atoms with Crippen molar-refractivity contribution in [1.29, 1.82) is 0 Å². The molecule has 0 aliphatic heterocycles. The Bertz CT molecular complexity index is 581. The predicted octanol–water partition coefficient (Wildman–Crippen LogP) is 3.26. The molecule has 102 valence electrons. The second-order valence-electron chi connectivity index (χ2n) is 4.74. The van der Waals surface area contributed by atoms with E-state index in [0.717, 1.165) is 0 Å². The maximum absolute atomic E-state index is 12.0. The van der Waals surface area contributed by atoms with E-state index in [4.69, 9.17) is 13.1 Å². The molecule has 0 aliphatic carbocycles. The summed E-state index contributed by atoms with van der Waals surface area (Å²) in [6, 6.07) is 7.95. The van der Waals surface area contributed by atoms with Crippen molar-refractivity contribution in [3.8, 4) is 0 Å². The first-order valence-electron chi connectivity index (χ1n) is 6.28. The fraction of sp³-hybridized carbons (Fsp3) is 0.375. The molecule has 0 heterocycles. The number of carbonyl (C=O) groups excluding carboxylic acids is 2. The van der Waals surface area contributed by atoms with Crippen molar-refractivity contribution in [2.45, 2.75) is 38.3 Å². The van der Waals surface area contributed by atoms with Crippen LogP contribution in [0.5, 0.6) is 0 Å². The van der Waals surface area contributed by atoms with E-state index in [-0.39, 0.29) is 24.4 Å². The summed E-state index contributed by atoms with van der Waals surface area (Å²) < 4.78 is 0. The summed E-state index contributed by atoms with van der Waals surface area (Å²) >= 11 is 0. The minimum Gasteiger partial charge on any atom is -0.300 e. The highest BCUT2D eigenvalue weighted by molar-refractivity contribution is 5.90. The third-order valence-corrected chi connectivity index (χ3v) is 3.36. The zero-order chi connectivity index (χ0) is 15.2. The van der Waals surface area contributed by atoms with E-state index in [1.54, 1.807) is 24.3 Å². The van der Waals surface area contributed by atoms with E-state index in [1.165, 1.54) is 13.8 Å². The third-order valence-electron chi connectivity index (χ3n) is 3.36. The van der Waals surface area contributed by atoms with Crippen molar-refractivity contribution in [2.75, 3.05) is 0 Å². The number of rotatable bonds is 6. The van der Waals surface area contributed by atoms with Gasteiger partial charge in [-0.05, 0) is 6.92 Å². The summed E-state index contributed by atoms with van der Waals surface area (Å²) in [5, 5.41) is 0. The molecule has 1 aromatic carbocycles. The van der Waals surface area contributed by atoms with Crippen molar-refractivity contribution in [3.63, 3.8) is 0 Å². The molecule has 0 aromatic heterocycles. The molecule has 0 radical (unpaired) electrons. The standard InChI is InChI=1S/C16H16N2O2/c1-12(19)10-11-16(18-4,13(2)20)15(17-3)14-8-6-5-7-9-14/h5-9,15H,10-11H2,1-2H3. The fourth-order valence-corrected chi connectivity index (χ4v) is 2.16. The van der Waals surface area contributed by atoms with Gasteiger partial charge in [-0.1, -0.05) is 30.3 Å². The highest BCUT2D eigenvalue weighted by Gasteiger charge is 2.56. The largest absolute Gasteiger partial charge is 0.366 e. The van der Waals surface area contributed by atoms with Gasteiger partial charge in [-0.2, -0.15) is 0 Å². The smallest absolute Gasteiger partial charge is 0.300 e. The van der Waals surface area contributed by atoms with Gasteiger partial charge in [0.1, 0.15) is 5.78 Å². The number of hydrogen-bond acceptors (Lipinski definition) is 2. The second-order valence-corrected chi connectivity index (χ2v) is 4.74. The van der Waals surface area contributed by atoms with Gasteiger partial charge in [0.2, 0.25) is 5.78 Å². The Morgan fingerprint density at radius 1 is 1.20 bits per heavy atom. The molecule has 0 amide bonds. The van der Waals surface area contributed by atoms with Crippen LogP contribution in [0.25, 0.3) is 9.69 Å². The monoisotopic (exact) mass is 268 g/mol. The van der Waals surface area contributed by atoms with Crippen LogP contribution in [0.1, 0.15) is 38.3 Å². The van der Waals surface area contributed by atoms with Gasteiger partial charge >= 0.3 is 11.6 Å². The van der Waals surface area contributed by atoms with Crippen molar-refractivity contribution in [2.24, 2.45) is 0 Å². The number of carbonyl (C=O) groups is 2. The van der Waals surface area contributed by atoms with Crippen LogP contribution in [0.3, 0.4) is 0 Å². The molecule has 2 unspecified atom stereocenters. The van der Waals surface area contributed by atoms with Crippen LogP contribution >= 0.6 is 0 Å². The third kappa shape index (κ3) is 3.10. The van der Waals surface area contributed by atoms with Gasteiger partial charge in [-0.25, -0.2) is 13.1 Å². The van der Waals surface area contributed by atoms with Gasteiger partial charge < -0.3 is 4.79 Å². The summed E-state index contributed by atoms with van der Waals surface area (Å²) in [7, 11) is 0. The summed E-state index contributed by atoms with van der Waals surface area (Å²) in [6.45, 7) is 17.5. The minimum absolute atomic E-state index is 0.0864. The predicted molar refractivity (Wildman–Crippen MR) is 75.7 cm³/mol. The fourth-order valence-electron chi connectivity index (χ4n) is 2.16. The van der Waals surface area contributed by atoms with E-state index < -0.39 is 11.6 Å². The van der Waals surface area contributed by atoms with E-state index in [2.05, 4.69) is 9.69 Å². The van der Waals surface area contributed by atoms with Gasteiger partial charge in [-0.3, -0.25) is 14.5 Å². The summed E-state index contributed by atoms with van der Waals surface area (Å²) in [5.74, 6) is -0.449. The molecule has 2 atom stereocenters. The zero-order valence-electron chi connectivity index (χ0n) is 11.6. The molecule has 1 aromatic rings. The normalized spacial score (nSPS) is 14.4.